The van der Waals surface area contributed by atoms with Crippen LogP contribution >= 0.6 is 0 Å². The summed E-state index contributed by atoms with van der Waals surface area (Å²) in [4.78, 5) is 14.0. The second kappa shape index (κ2) is 5.22. The number of nitrogens with zero attached hydrogens (tertiary/aromatic N) is 2. The Labute approximate surface area is 102 Å². The van der Waals surface area contributed by atoms with E-state index < -0.39 is 4.92 Å². The molecule has 1 aromatic carbocycles. The van der Waals surface area contributed by atoms with Gasteiger partial charge in [-0.25, -0.2) is 9.37 Å². The molecule has 0 spiro atoms. The number of nitro groups is 1. The Kier molecular flexibility index (Phi) is 3.47. The molecule has 6 heteroatoms. The first-order chi connectivity index (χ1) is 8.65. The van der Waals surface area contributed by atoms with Crippen LogP contribution in [0.2, 0.25) is 0 Å². The number of hydrogen-bond acceptors (Lipinski definition) is 4. The van der Waals surface area contributed by atoms with E-state index in [4.69, 9.17) is 0 Å². The smallest absolute Gasteiger partial charge is 0.274 e. The maximum atomic E-state index is 12.9. The van der Waals surface area contributed by atoms with Crippen LogP contribution in [0.25, 0.3) is 0 Å². The van der Waals surface area contributed by atoms with Crippen LogP contribution in [0.1, 0.15) is 5.56 Å². The number of hydrogen-bond donors (Lipinski definition) is 1. The average Bonchev–Trinajstić information content (AvgIpc) is 2.37. The van der Waals surface area contributed by atoms with Gasteiger partial charge in [-0.15, -0.1) is 0 Å². The molecule has 18 heavy (non-hydrogen) atoms. The van der Waals surface area contributed by atoms with Crippen molar-refractivity contribution in [2.45, 2.75) is 6.54 Å². The fourth-order valence-electron chi connectivity index (χ4n) is 1.47. The van der Waals surface area contributed by atoms with Crippen LogP contribution in [-0.4, -0.2) is 9.91 Å². The summed E-state index contributed by atoms with van der Waals surface area (Å²) in [7, 11) is 0. The first-order valence-corrected chi connectivity index (χ1v) is 5.24. The summed E-state index contributed by atoms with van der Waals surface area (Å²) in [6, 6.07) is 8.76. The monoisotopic (exact) mass is 247 g/mol. The molecule has 0 unspecified atom stereocenters. The fourth-order valence-corrected chi connectivity index (χ4v) is 1.47. The number of nitrogens with one attached hydrogen (secondary N) is 1. The lowest BCUT2D eigenvalue weighted by Gasteiger charge is -2.05. The maximum absolute atomic E-state index is 12.9. The molecule has 1 heterocycles. The van der Waals surface area contributed by atoms with Gasteiger partial charge in [0.25, 0.3) is 5.69 Å². The van der Waals surface area contributed by atoms with Crippen LogP contribution in [-0.2, 0) is 6.54 Å². The third-order valence-corrected chi connectivity index (χ3v) is 2.32. The summed E-state index contributed by atoms with van der Waals surface area (Å²) in [6.07, 6.45) is 1.35. The Bertz CT molecular complexity index is 575. The highest BCUT2D eigenvalue weighted by Gasteiger charge is 2.06. The molecule has 0 aliphatic rings. The van der Waals surface area contributed by atoms with Gasteiger partial charge >= 0.3 is 0 Å². The van der Waals surface area contributed by atoms with E-state index in [-0.39, 0.29) is 11.5 Å². The van der Waals surface area contributed by atoms with E-state index in [0.29, 0.717) is 12.4 Å². The zero-order valence-electron chi connectivity index (χ0n) is 9.34. The van der Waals surface area contributed by atoms with Crippen molar-refractivity contribution in [3.8, 4) is 0 Å². The van der Waals surface area contributed by atoms with Crippen molar-refractivity contribution < 1.29 is 9.31 Å². The number of anilines is 1. The van der Waals surface area contributed by atoms with E-state index in [2.05, 4.69) is 10.3 Å². The summed E-state index contributed by atoms with van der Waals surface area (Å²) < 4.78 is 12.9. The number of halogens is 1. The zero-order chi connectivity index (χ0) is 13.0. The molecule has 5 nitrogen and oxygen atoms in total. The normalized spacial score (nSPS) is 10.1. The van der Waals surface area contributed by atoms with Gasteiger partial charge in [-0.2, -0.15) is 0 Å². The highest BCUT2D eigenvalue weighted by Crippen LogP contribution is 2.15. The first-order valence-electron chi connectivity index (χ1n) is 5.24. The van der Waals surface area contributed by atoms with Crippen LogP contribution < -0.4 is 5.32 Å². The van der Waals surface area contributed by atoms with Gasteiger partial charge in [-0.05, 0) is 17.7 Å². The first kappa shape index (κ1) is 12.0. The Balaban J connectivity index is 2.06. The Morgan fingerprint density at radius 2 is 2.17 bits per heavy atom. The number of benzene rings is 1. The molecule has 0 aliphatic heterocycles. The minimum Gasteiger partial charge on any atom is -0.366 e. The van der Waals surface area contributed by atoms with E-state index in [0.717, 1.165) is 5.56 Å². The van der Waals surface area contributed by atoms with Gasteiger partial charge in [0.1, 0.15) is 11.6 Å². The zero-order valence-corrected chi connectivity index (χ0v) is 9.34. The molecule has 0 fully saturated rings. The van der Waals surface area contributed by atoms with Gasteiger partial charge in [-0.3, -0.25) is 10.1 Å². The lowest BCUT2D eigenvalue weighted by molar-refractivity contribution is -0.384. The van der Waals surface area contributed by atoms with Crippen LogP contribution in [0, 0.1) is 15.9 Å². The van der Waals surface area contributed by atoms with Gasteiger partial charge in [0.15, 0.2) is 0 Å². The predicted octanol–water partition coefficient (Wildman–Crippen LogP) is 2.74. The van der Waals surface area contributed by atoms with Gasteiger partial charge < -0.3 is 5.32 Å². The second-order valence-corrected chi connectivity index (χ2v) is 3.64. The Morgan fingerprint density at radius 3 is 2.89 bits per heavy atom. The molecule has 1 N–H and O–H groups in total. The Morgan fingerprint density at radius 1 is 1.33 bits per heavy atom. The van der Waals surface area contributed by atoms with Gasteiger partial charge in [0.05, 0.1) is 11.0 Å². The predicted molar refractivity (Wildman–Crippen MR) is 64.6 cm³/mol. The molecule has 0 saturated carbocycles. The molecule has 2 rings (SSSR count). The minimum atomic E-state index is -0.491. The lowest BCUT2D eigenvalue weighted by atomic mass is 10.2. The molecule has 0 saturated heterocycles. The van der Waals surface area contributed by atoms with E-state index in [9.17, 15) is 14.5 Å². The van der Waals surface area contributed by atoms with E-state index >= 15 is 0 Å². The number of aromatic nitrogens is 1. The summed E-state index contributed by atoms with van der Waals surface area (Å²) in [5.74, 6) is 0.0646. The average molecular weight is 247 g/mol. The van der Waals surface area contributed by atoms with Crippen molar-refractivity contribution in [3.63, 3.8) is 0 Å². The molecule has 0 aliphatic carbocycles. The Hall–Kier alpha value is -2.50. The number of rotatable bonds is 4. The summed E-state index contributed by atoms with van der Waals surface area (Å²) >= 11 is 0. The van der Waals surface area contributed by atoms with Crippen LogP contribution in [0.4, 0.5) is 15.9 Å². The van der Waals surface area contributed by atoms with Crippen molar-refractivity contribution >= 4 is 11.5 Å². The molecule has 0 bridgehead atoms. The van der Waals surface area contributed by atoms with Gasteiger partial charge in [0, 0.05) is 18.8 Å². The topological polar surface area (TPSA) is 68.1 Å². The van der Waals surface area contributed by atoms with Crippen LogP contribution in [0.5, 0.6) is 0 Å². The van der Waals surface area contributed by atoms with Crippen molar-refractivity contribution in [2.24, 2.45) is 0 Å². The van der Waals surface area contributed by atoms with Crippen LogP contribution in [0.3, 0.4) is 0 Å². The fraction of sp³-hybridized carbons (Fsp3) is 0.0833. The summed E-state index contributed by atoms with van der Waals surface area (Å²) in [5.41, 5.74) is 0.704. The van der Waals surface area contributed by atoms with Crippen LogP contribution in [0.15, 0.2) is 42.6 Å². The standard InChI is InChI=1S/C12H10FN3O2/c13-10-3-1-2-9(6-10)8-15-12-7-11(16(17)18)4-5-14-12/h1-7H,8H2,(H,14,15). The maximum Gasteiger partial charge on any atom is 0.274 e. The molecule has 92 valence electrons. The molecular formula is C12H10FN3O2. The SMILES string of the molecule is O=[N+]([O-])c1ccnc(NCc2cccc(F)c2)c1. The quantitative estimate of drug-likeness (QED) is 0.666. The molecular weight excluding hydrogens is 237 g/mol. The van der Waals surface area contributed by atoms with Crippen molar-refractivity contribution in [3.05, 3.63) is 64.1 Å². The van der Waals surface area contributed by atoms with Gasteiger partial charge in [0.2, 0.25) is 0 Å². The van der Waals surface area contributed by atoms with Crippen molar-refractivity contribution in [1.82, 2.24) is 4.98 Å². The highest BCUT2D eigenvalue weighted by molar-refractivity contribution is 5.44. The molecule has 1 aromatic heterocycles. The molecule has 0 atom stereocenters. The third kappa shape index (κ3) is 3.00. The van der Waals surface area contributed by atoms with Gasteiger partial charge in [-0.1, -0.05) is 12.1 Å². The second-order valence-electron chi connectivity index (χ2n) is 3.64. The molecule has 0 amide bonds. The highest BCUT2D eigenvalue weighted by atomic mass is 19.1. The van der Waals surface area contributed by atoms with Crippen molar-refractivity contribution in [1.29, 1.82) is 0 Å². The van der Waals surface area contributed by atoms with Crippen molar-refractivity contribution in [2.75, 3.05) is 5.32 Å². The largest absolute Gasteiger partial charge is 0.366 e. The minimum absolute atomic E-state index is 0.0354. The molecule has 2 aromatic rings. The third-order valence-electron chi connectivity index (χ3n) is 2.32. The van der Waals surface area contributed by atoms with E-state index in [1.54, 1.807) is 12.1 Å². The van der Waals surface area contributed by atoms with E-state index in [1.807, 2.05) is 0 Å². The summed E-state index contributed by atoms with van der Waals surface area (Å²) in [5, 5.41) is 13.5. The summed E-state index contributed by atoms with van der Waals surface area (Å²) in [6.45, 7) is 0.353. The lowest BCUT2D eigenvalue weighted by Crippen LogP contribution is -2.02. The number of pyridine rings is 1. The van der Waals surface area contributed by atoms with E-state index in [1.165, 1.54) is 30.5 Å². The molecule has 0 radical (unpaired) electrons.